The Morgan fingerprint density at radius 2 is 1.29 bits per heavy atom. The standard InChI is InChI=1S/C11H16O.C11H16.C8H18/c1-10(12-2)8-9-11-6-4-3-5-7-11;1-3-4-5-11-8-6-10(2)7-9-11;1-4-6-7-8(3)5-2/h3-7,10H,8-9H2,1-2H3;6-9H,3-5H2,1-2H3;8H,4-7H2,1-3H3. The Bertz CT molecular complexity index is 602. The number of hydrogen-bond acceptors (Lipinski definition) is 1. The van der Waals surface area contributed by atoms with E-state index >= 15 is 0 Å². The van der Waals surface area contributed by atoms with Crippen molar-refractivity contribution in [3.63, 3.8) is 0 Å². The van der Waals surface area contributed by atoms with Crippen molar-refractivity contribution < 1.29 is 4.74 Å². The first-order valence-corrected chi connectivity index (χ1v) is 12.6. The lowest BCUT2D eigenvalue weighted by Crippen LogP contribution is -2.05. The first-order valence-electron chi connectivity index (χ1n) is 12.6. The van der Waals surface area contributed by atoms with Crippen LogP contribution in [0.4, 0.5) is 0 Å². The second kappa shape index (κ2) is 20.3. The van der Waals surface area contributed by atoms with E-state index in [0.717, 1.165) is 18.8 Å². The van der Waals surface area contributed by atoms with Crippen molar-refractivity contribution in [1.82, 2.24) is 0 Å². The summed E-state index contributed by atoms with van der Waals surface area (Å²) >= 11 is 0. The van der Waals surface area contributed by atoms with Crippen LogP contribution in [0.3, 0.4) is 0 Å². The lowest BCUT2D eigenvalue weighted by molar-refractivity contribution is 0.111. The van der Waals surface area contributed by atoms with E-state index in [4.69, 9.17) is 4.74 Å². The van der Waals surface area contributed by atoms with Gasteiger partial charge < -0.3 is 4.74 Å². The van der Waals surface area contributed by atoms with Crippen LogP contribution < -0.4 is 0 Å². The molecule has 0 aliphatic heterocycles. The number of benzene rings is 2. The van der Waals surface area contributed by atoms with Crippen molar-refractivity contribution in [3.05, 3.63) is 71.3 Å². The summed E-state index contributed by atoms with van der Waals surface area (Å²) in [6.07, 6.45) is 11.9. The minimum Gasteiger partial charge on any atom is -0.382 e. The van der Waals surface area contributed by atoms with E-state index in [1.807, 2.05) is 6.07 Å². The zero-order chi connectivity index (χ0) is 23.3. The van der Waals surface area contributed by atoms with Crippen LogP contribution in [0.25, 0.3) is 0 Å². The molecule has 0 aromatic heterocycles. The van der Waals surface area contributed by atoms with Gasteiger partial charge in [0.25, 0.3) is 0 Å². The minimum atomic E-state index is 0.366. The van der Waals surface area contributed by atoms with Crippen LogP contribution in [0, 0.1) is 12.8 Å². The molecule has 0 aliphatic rings. The molecule has 0 heterocycles. The van der Waals surface area contributed by atoms with E-state index in [-0.39, 0.29) is 0 Å². The van der Waals surface area contributed by atoms with Gasteiger partial charge in [-0.25, -0.2) is 0 Å². The quantitative estimate of drug-likeness (QED) is 0.348. The molecular formula is C30H50O. The minimum absolute atomic E-state index is 0.366. The summed E-state index contributed by atoms with van der Waals surface area (Å²) in [6, 6.07) is 19.3. The predicted octanol–water partition coefficient (Wildman–Crippen LogP) is 9.21. The molecule has 0 N–H and O–H groups in total. The zero-order valence-electron chi connectivity index (χ0n) is 21.6. The third-order valence-corrected chi connectivity index (χ3v) is 5.77. The lowest BCUT2D eigenvalue weighted by Gasteiger charge is -2.08. The molecule has 0 spiro atoms. The first-order chi connectivity index (χ1) is 15.0. The van der Waals surface area contributed by atoms with Gasteiger partial charge in [0.2, 0.25) is 0 Å². The summed E-state index contributed by atoms with van der Waals surface area (Å²) in [4.78, 5) is 0. The predicted molar refractivity (Wildman–Crippen MR) is 140 cm³/mol. The molecule has 31 heavy (non-hydrogen) atoms. The van der Waals surface area contributed by atoms with Gasteiger partial charge in [-0.1, -0.05) is 120 Å². The SMILES string of the molecule is CCCCC(C)CC.CCCCc1ccc(C)cc1.COC(C)CCc1ccccc1. The Balaban J connectivity index is 0.000000446. The van der Waals surface area contributed by atoms with Gasteiger partial charge in [0, 0.05) is 7.11 Å². The van der Waals surface area contributed by atoms with E-state index in [1.165, 1.54) is 61.6 Å². The highest BCUT2D eigenvalue weighted by molar-refractivity contribution is 5.21. The van der Waals surface area contributed by atoms with E-state index < -0.39 is 0 Å². The summed E-state index contributed by atoms with van der Waals surface area (Å²) in [5.74, 6) is 0.954. The molecule has 0 bridgehead atoms. The molecule has 1 nitrogen and oxygen atoms in total. The summed E-state index contributed by atoms with van der Waals surface area (Å²) in [6.45, 7) is 13.3. The number of ether oxygens (including phenoxy) is 1. The Morgan fingerprint density at radius 1 is 0.710 bits per heavy atom. The molecule has 0 saturated heterocycles. The van der Waals surface area contributed by atoms with Crippen LogP contribution in [0.5, 0.6) is 0 Å². The van der Waals surface area contributed by atoms with Gasteiger partial charge in [-0.2, -0.15) is 0 Å². The first kappa shape index (κ1) is 29.4. The third kappa shape index (κ3) is 17.7. The normalized spacial score (nSPS) is 12.1. The average Bonchev–Trinajstić information content (AvgIpc) is 2.82. The van der Waals surface area contributed by atoms with Gasteiger partial charge in [0.15, 0.2) is 0 Å². The van der Waals surface area contributed by atoms with Crippen molar-refractivity contribution in [2.24, 2.45) is 5.92 Å². The molecule has 0 aliphatic carbocycles. The summed E-state index contributed by atoms with van der Waals surface area (Å²) in [7, 11) is 1.76. The van der Waals surface area contributed by atoms with Gasteiger partial charge in [-0.15, -0.1) is 0 Å². The van der Waals surface area contributed by atoms with Crippen LogP contribution in [0.1, 0.15) is 96.3 Å². The maximum Gasteiger partial charge on any atom is 0.0546 e. The van der Waals surface area contributed by atoms with Crippen LogP contribution in [0.2, 0.25) is 0 Å². The zero-order valence-corrected chi connectivity index (χ0v) is 21.6. The molecular weight excluding hydrogens is 376 g/mol. The molecule has 2 aromatic rings. The van der Waals surface area contributed by atoms with Crippen LogP contribution >= 0.6 is 0 Å². The molecule has 0 fully saturated rings. The molecule has 0 amide bonds. The number of unbranched alkanes of at least 4 members (excludes halogenated alkanes) is 2. The van der Waals surface area contributed by atoms with E-state index in [2.05, 4.69) is 90.1 Å². The molecule has 176 valence electrons. The topological polar surface area (TPSA) is 9.23 Å². The maximum absolute atomic E-state index is 5.17. The summed E-state index contributed by atoms with van der Waals surface area (Å²) < 4.78 is 5.17. The van der Waals surface area contributed by atoms with Crippen LogP contribution in [-0.2, 0) is 17.6 Å². The van der Waals surface area contributed by atoms with E-state index in [1.54, 1.807) is 7.11 Å². The Kier molecular flexibility index (Phi) is 19.3. The van der Waals surface area contributed by atoms with Crippen molar-refractivity contribution in [2.75, 3.05) is 7.11 Å². The van der Waals surface area contributed by atoms with E-state index in [9.17, 15) is 0 Å². The van der Waals surface area contributed by atoms with Gasteiger partial charge >= 0.3 is 0 Å². The van der Waals surface area contributed by atoms with E-state index in [0.29, 0.717) is 6.10 Å². The molecule has 2 atom stereocenters. The highest BCUT2D eigenvalue weighted by Crippen LogP contribution is 2.10. The Morgan fingerprint density at radius 3 is 1.81 bits per heavy atom. The van der Waals surface area contributed by atoms with Gasteiger partial charge in [0.05, 0.1) is 6.10 Å². The highest BCUT2D eigenvalue weighted by Gasteiger charge is 1.99. The maximum atomic E-state index is 5.17. The van der Waals surface area contributed by atoms with Crippen molar-refractivity contribution in [3.8, 4) is 0 Å². The second-order valence-corrected chi connectivity index (χ2v) is 8.82. The fourth-order valence-electron chi connectivity index (χ4n) is 3.02. The Hall–Kier alpha value is -1.60. The van der Waals surface area contributed by atoms with Gasteiger partial charge in [-0.05, 0) is 56.6 Å². The Labute approximate surface area is 194 Å². The number of rotatable bonds is 11. The highest BCUT2D eigenvalue weighted by atomic mass is 16.5. The molecule has 0 saturated carbocycles. The smallest absolute Gasteiger partial charge is 0.0546 e. The fraction of sp³-hybridized carbons (Fsp3) is 0.600. The monoisotopic (exact) mass is 426 g/mol. The van der Waals surface area contributed by atoms with Crippen molar-refractivity contribution in [2.45, 2.75) is 105 Å². The van der Waals surface area contributed by atoms with Crippen molar-refractivity contribution in [1.29, 1.82) is 0 Å². The number of methoxy groups -OCH3 is 1. The number of hydrogen-bond donors (Lipinski definition) is 0. The molecule has 2 unspecified atom stereocenters. The van der Waals surface area contributed by atoms with Gasteiger partial charge in [0.1, 0.15) is 0 Å². The largest absolute Gasteiger partial charge is 0.382 e. The average molecular weight is 427 g/mol. The third-order valence-electron chi connectivity index (χ3n) is 5.77. The molecule has 2 aromatic carbocycles. The lowest BCUT2D eigenvalue weighted by atomic mass is 10.0. The second-order valence-electron chi connectivity index (χ2n) is 8.82. The molecule has 0 radical (unpaired) electrons. The number of aryl methyl sites for hydroxylation is 3. The summed E-state index contributed by atoms with van der Waals surface area (Å²) in [5.41, 5.74) is 4.21. The molecule has 2 rings (SSSR count). The van der Waals surface area contributed by atoms with Gasteiger partial charge in [-0.3, -0.25) is 0 Å². The van der Waals surface area contributed by atoms with Crippen molar-refractivity contribution >= 4 is 0 Å². The van der Waals surface area contributed by atoms with Crippen LogP contribution in [-0.4, -0.2) is 13.2 Å². The summed E-state index contributed by atoms with van der Waals surface area (Å²) in [5, 5.41) is 0. The molecule has 1 heteroatoms. The fourth-order valence-corrected chi connectivity index (χ4v) is 3.02. The van der Waals surface area contributed by atoms with Crippen LogP contribution in [0.15, 0.2) is 54.6 Å².